The average molecular weight is 400 g/mol. The molecular weight excluding hydrogens is 382 g/mol. The smallest absolute Gasteiger partial charge is 0.261 e. The van der Waals surface area contributed by atoms with Crippen LogP contribution >= 0.6 is 0 Å². The minimum absolute atomic E-state index is 0.0188. The molecule has 1 fully saturated rings. The molecule has 29 heavy (non-hydrogen) atoms. The lowest BCUT2D eigenvalue weighted by Gasteiger charge is -2.16. The Morgan fingerprint density at radius 3 is 2.55 bits per heavy atom. The molecule has 1 aliphatic rings. The van der Waals surface area contributed by atoms with Crippen molar-refractivity contribution in [3.63, 3.8) is 0 Å². The van der Waals surface area contributed by atoms with Crippen molar-refractivity contribution >= 4 is 22.5 Å². The van der Waals surface area contributed by atoms with Gasteiger partial charge in [0, 0.05) is 12.2 Å². The van der Waals surface area contributed by atoms with Crippen LogP contribution in [-0.2, 0) is 0 Å². The van der Waals surface area contributed by atoms with E-state index in [4.69, 9.17) is 9.47 Å². The molecular formula is C21H18F2N2O4. The lowest BCUT2D eigenvalue weighted by atomic mass is 10.1. The van der Waals surface area contributed by atoms with Gasteiger partial charge in [0.2, 0.25) is 11.2 Å². The number of halogens is 2. The summed E-state index contributed by atoms with van der Waals surface area (Å²) in [5.41, 5.74) is -0.349. The normalized spacial score (nSPS) is 13.4. The molecule has 1 N–H and O–H groups in total. The molecule has 8 heteroatoms. The number of nitrogens with one attached hydrogen (secondary N) is 1. The second-order valence-corrected chi connectivity index (χ2v) is 6.77. The van der Waals surface area contributed by atoms with Crippen LogP contribution in [0.15, 0.2) is 41.3 Å². The van der Waals surface area contributed by atoms with Crippen molar-refractivity contribution in [3.05, 3.63) is 63.9 Å². The first-order valence-electron chi connectivity index (χ1n) is 9.01. The summed E-state index contributed by atoms with van der Waals surface area (Å²) in [6, 6.07) is 7.55. The molecule has 4 rings (SSSR count). The number of benzene rings is 2. The highest BCUT2D eigenvalue weighted by Crippen LogP contribution is 2.40. The van der Waals surface area contributed by atoms with E-state index < -0.39 is 23.0 Å². The Morgan fingerprint density at radius 1 is 1.17 bits per heavy atom. The zero-order chi connectivity index (χ0) is 20.7. The monoisotopic (exact) mass is 400 g/mol. The second-order valence-electron chi connectivity index (χ2n) is 6.77. The Bertz CT molecular complexity index is 1190. The number of nitrogens with zero attached hydrogens (tertiary/aromatic N) is 1. The fourth-order valence-corrected chi connectivity index (χ4v) is 3.36. The van der Waals surface area contributed by atoms with E-state index in [1.54, 1.807) is 28.8 Å². The number of rotatable bonds is 5. The molecule has 2 aromatic carbocycles. The summed E-state index contributed by atoms with van der Waals surface area (Å²) in [6.07, 6.45) is 2.98. The number of carbonyl (C=O) groups is 1. The van der Waals surface area contributed by atoms with Gasteiger partial charge in [0.05, 0.1) is 30.8 Å². The Balaban J connectivity index is 1.90. The zero-order valence-electron chi connectivity index (χ0n) is 15.8. The molecule has 1 aromatic heterocycles. The quantitative estimate of drug-likeness (QED) is 0.706. The fraction of sp³-hybridized carbons (Fsp3) is 0.238. The molecule has 0 saturated heterocycles. The summed E-state index contributed by atoms with van der Waals surface area (Å²) in [5.74, 6) is -2.96. The minimum Gasteiger partial charge on any atom is -0.495 e. The maximum absolute atomic E-state index is 14.2. The molecule has 1 heterocycles. The van der Waals surface area contributed by atoms with Gasteiger partial charge in [-0.15, -0.1) is 0 Å². The third-order valence-corrected chi connectivity index (χ3v) is 4.91. The van der Waals surface area contributed by atoms with Gasteiger partial charge in [-0.25, -0.2) is 4.39 Å². The van der Waals surface area contributed by atoms with Crippen LogP contribution in [0.5, 0.6) is 11.5 Å². The number of carbonyl (C=O) groups excluding carboxylic acids is 1. The maximum Gasteiger partial charge on any atom is 0.261 e. The number of aromatic nitrogens is 1. The number of anilines is 1. The molecule has 0 aliphatic heterocycles. The number of methoxy groups -OCH3 is 2. The number of ether oxygens (including phenoxy) is 2. The number of pyridine rings is 1. The topological polar surface area (TPSA) is 69.6 Å². The zero-order valence-corrected chi connectivity index (χ0v) is 15.8. The van der Waals surface area contributed by atoms with E-state index >= 15 is 0 Å². The molecule has 1 aliphatic carbocycles. The Kier molecular flexibility index (Phi) is 4.70. The van der Waals surface area contributed by atoms with Crippen LogP contribution in [0.25, 0.3) is 10.9 Å². The van der Waals surface area contributed by atoms with Crippen LogP contribution in [0.3, 0.4) is 0 Å². The maximum atomic E-state index is 14.2. The molecule has 0 spiro atoms. The van der Waals surface area contributed by atoms with E-state index in [9.17, 15) is 18.4 Å². The highest BCUT2D eigenvalue weighted by atomic mass is 19.2. The van der Waals surface area contributed by atoms with Gasteiger partial charge < -0.3 is 19.4 Å². The largest absolute Gasteiger partial charge is 0.495 e. The summed E-state index contributed by atoms with van der Waals surface area (Å²) in [7, 11) is 2.67. The van der Waals surface area contributed by atoms with E-state index in [1.807, 2.05) is 0 Å². The van der Waals surface area contributed by atoms with Crippen LogP contribution in [0.2, 0.25) is 0 Å². The Labute approximate surface area is 164 Å². The third-order valence-electron chi connectivity index (χ3n) is 4.91. The van der Waals surface area contributed by atoms with Gasteiger partial charge in [-0.05, 0) is 31.0 Å². The van der Waals surface area contributed by atoms with Gasteiger partial charge in [0.25, 0.3) is 5.91 Å². The van der Waals surface area contributed by atoms with E-state index in [-0.39, 0.29) is 28.3 Å². The van der Waals surface area contributed by atoms with Crippen molar-refractivity contribution in [2.75, 3.05) is 19.5 Å². The summed E-state index contributed by atoms with van der Waals surface area (Å²) in [6.45, 7) is 0. The first kappa shape index (κ1) is 18.9. The molecule has 0 unspecified atom stereocenters. The fourth-order valence-electron chi connectivity index (χ4n) is 3.36. The predicted molar refractivity (Wildman–Crippen MR) is 104 cm³/mol. The SMILES string of the molecule is COc1ccccc1NC(=O)c1cn(C2CC2)c2c(OC)c(F)c(F)cc2c1=O. The second kappa shape index (κ2) is 7.20. The van der Waals surface area contributed by atoms with Gasteiger partial charge in [-0.2, -0.15) is 4.39 Å². The third kappa shape index (κ3) is 3.20. The molecule has 3 aromatic rings. The van der Waals surface area contributed by atoms with Crippen molar-refractivity contribution < 1.29 is 23.0 Å². The van der Waals surface area contributed by atoms with Crippen LogP contribution in [0, 0.1) is 11.6 Å². The molecule has 0 bridgehead atoms. The van der Waals surface area contributed by atoms with Crippen molar-refractivity contribution in [1.82, 2.24) is 4.57 Å². The van der Waals surface area contributed by atoms with Crippen LogP contribution in [0.4, 0.5) is 14.5 Å². The van der Waals surface area contributed by atoms with Gasteiger partial charge in [-0.3, -0.25) is 9.59 Å². The number of hydrogen-bond acceptors (Lipinski definition) is 4. The first-order valence-corrected chi connectivity index (χ1v) is 9.01. The van der Waals surface area contributed by atoms with Crippen molar-refractivity contribution in [1.29, 1.82) is 0 Å². The van der Waals surface area contributed by atoms with Gasteiger partial charge in [-0.1, -0.05) is 12.1 Å². The predicted octanol–water partition coefficient (Wildman–Crippen LogP) is 3.88. The van der Waals surface area contributed by atoms with Gasteiger partial charge in [0.1, 0.15) is 11.3 Å². The lowest BCUT2D eigenvalue weighted by molar-refractivity contribution is 0.102. The number of fused-ring (bicyclic) bond motifs is 1. The van der Waals surface area contributed by atoms with E-state index in [1.165, 1.54) is 20.4 Å². The average Bonchev–Trinajstić information content (AvgIpc) is 3.55. The van der Waals surface area contributed by atoms with Crippen molar-refractivity contribution in [2.24, 2.45) is 0 Å². The molecule has 1 amide bonds. The molecule has 0 atom stereocenters. The summed E-state index contributed by atoms with van der Waals surface area (Å²) in [5, 5.41) is 2.54. The molecule has 0 radical (unpaired) electrons. The van der Waals surface area contributed by atoms with Crippen LogP contribution in [-0.4, -0.2) is 24.7 Å². The van der Waals surface area contributed by atoms with E-state index in [0.717, 1.165) is 18.9 Å². The summed E-state index contributed by atoms with van der Waals surface area (Å²) >= 11 is 0. The van der Waals surface area contributed by atoms with E-state index in [2.05, 4.69) is 5.32 Å². The minimum atomic E-state index is -1.21. The standard InChI is InChI=1S/C21H18F2N2O4/c1-28-16-6-4-3-5-15(16)24-21(27)13-10-25(11-7-8-11)18-12(19(13)26)9-14(22)17(23)20(18)29-2/h3-6,9-11H,7-8H2,1-2H3,(H,24,27). The highest BCUT2D eigenvalue weighted by Gasteiger charge is 2.30. The van der Waals surface area contributed by atoms with E-state index in [0.29, 0.717) is 11.4 Å². The first-order chi connectivity index (χ1) is 14.0. The lowest BCUT2D eigenvalue weighted by Crippen LogP contribution is -2.24. The number of para-hydroxylation sites is 2. The van der Waals surface area contributed by atoms with Gasteiger partial charge >= 0.3 is 0 Å². The van der Waals surface area contributed by atoms with Crippen molar-refractivity contribution in [3.8, 4) is 11.5 Å². The summed E-state index contributed by atoms with van der Waals surface area (Å²) < 4.78 is 40.2. The van der Waals surface area contributed by atoms with Crippen LogP contribution < -0.4 is 20.2 Å². The molecule has 150 valence electrons. The molecule has 6 nitrogen and oxygen atoms in total. The summed E-state index contributed by atoms with van der Waals surface area (Å²) in [4.78, 5) is 25.9. The highest BCUT2D eigenvalue weighted by molar-refractivity contribution is 6.06. The van der Waals surface area contributed by atoms with Gasteiger partial charge in [0.15, 0.2) is 11.6 Å². The number of amides is 1. The molecule has 1 saturated carbocycles. The van der Waals surface area contributed by atoms with Crippen LogP contribution in [0.1, 0.15) is 29.2 Å². The Morgan fingerprint density at radius 2 is 1.90 bits per heavy atom. The number of hydrogen-bond donors (Lipinski definition) is 1. The Hall–Kier alpha value is -3.42. The van der Waals surface area contributed by atoms with Crippen molar-refractivity contribution in [2.45, 2.75) is 18.9 Å².